The Morgan fingerprint density at radius 2 is 1.84 bits per heavy atom. The molecule has 1 aromatic carbocycles. The molecule has 1 aromatic heterocycles. The molecule has 4 rings (SSSR count). The third kappa shape index (κ3) is 5.51. The van der Waals surface area contributed by atoms with Gasteiger partial charge in [-0.05, 0) is 37.8 Å². The molecule has 2 aromatic rings. The predicted octanol–water partition coefficient (Wildman–Crippen LogP) is 3.77. The number of carbonyl (C=O) groups excluding carboxylic acids is 2. The van der Waals surface area contributed by atoms with Crippen LogP contribution in [0.1, 0.15) is 44.9 Å². The molecule has 10 heteroatoms. The van der Waals surface area contributed by atoms with Gasteiger partial charge in [-0.15, -0.1) is 10.2 Å². The maximum atomic E-state index is 12.2. The number of carbonyl (C=O) groups is 2. The molecule has 3 amide bonds. The van der Waals surface area contributed by atoms with Gasteiger partial charge in [0.25, 0.3) is 0 Å². The average molecular weight is 463 g/mol. The smallest absolute Gasteiger partial charge is 0.321 e. The fourth-order valence-electron chi connectivity index (χ4n) is 4.04. The molecule has 0 unspecified atom stereocenters. The number of benzene rings is 1. The van der Waals surface area contributed by atoms with Gasteiger partial charge < -0.3 is 10.2 Å². The number of aromatic nitrogens is 3. The van der Waals surface area contributed by atoms with E-state index in [9.17, 15) is 9.59 Å². The van der Waals surface area contributed by atoms with Gasteiger partial charge in [0.15, 0.2) is 5.16 Å². The zero-order valence-electron chi connectivity index (χ0n) is 17.3. The van der Waals surface area contributed by atoms with Crippen LogP contribution in [0.15, 0.2) is 29.4 Å². The van der Waals surface area contributed by atoms with Crippen molar-refractivity contribution >= 4 is 41.2 Å². The molecule has 1 aliphatic carbocycles. The van der Waals surface area contributed by atoms with Crippen LogP contribution in [0, 0.1) is 0 Å². The zero-order chi connectivity index (χ0) is 21.6. The number of amides is 3. The Morgan fingerprint density at radius 1 is 1.10 bits per heavy atom. The number of para-hydroxylation sites is 1. The lowest BCUT2D eigenvalue weighted by atomic mass is 10.2. The quantitative estimate of drug-likeness (QED) is 0.608. The van der Waals surface area contributed by atoms with E-state index < -0.39 is 6.03 Å². The van der Waals surface area contributed by atoms with E-state index in [0.717, 1.165) is 63.3 Å². The Labute approximate surface area is 191 Å². The number of hydrogen-bond acceptors (Lipinski definition) is 6. The molecule has 1 aliphatic heterocycles. The van der Waals surface area contributed by atoms with Crippen LogP contribution in [0.2, 0.25) is 5.02 Å². The van der Waals surface area contributed by atoms with Crippen LogP contribution in [-0.2, 0) is 4.79 Å². The van der Waals surface area contributed by atoms with Gasteiger partial charge in [0.2, 0.25) is 11.9 Å². The van der Waals surface area contributed by atoms with E-state index in [2.05, 4.69) is 25.7 Å². The summed E-state index contributed by atoms with van der Waals surface area (Å²) in [6, 6.07) is 7.38. The van der Waals surface area contributed by atoms with Crippen LogP contribution in [0.25, 0.3) is 5.69 Å². The molecule has 2 fully saturated rings. The van der Waals surface area contributed by atoms with Gasteiger partial charge in [0.05, 0.1) is 10.7 Å². The van der Waals surface area contributed by atoms with E-state index in [1.54, 1.807) is 0 Å². The molecule has 0 radical (unpaired) electrons. The van der Waals surface area contributed by atoms with Crippen LogP contribution in [0.5, 0.6) is 0 Å². The van der Waals surface area contributed by atoms with Crippen molar-refractivity contribution in [3.63, 3.8) is 0 Å². The lowest BCUT2D eigenvalue weighted by Gasteiger charge is -2.19. The molecule has 2 N–H and O–H groups in total. The Balaban J connectivity index is 1.38. The van der Waals surface area contributed by atoms with Crippen molar-refractivity contribution in [1.29, 1.82) is 0 Å². The lowest BCUT2D eigenvalue weighted by Crippen LogP contribution is -2.43. The number of nitrogens with zero attached hydrogens (tertiary/aromatic N) is 4. The topological polar surface area (TPSA) is 92.2 Å². The predicted molar refractivity (Wildman–Crippen MR) is 122 cm³/mol. The number of nitrogens with one attached hydrogen (secondary N) is 2. The number of anilines is 1. The summed E-state index contributed by atoms with van der Waals surface area (Å²) in [4.78, 5) is 26.4. The van der Waals surface area contributed by atoms with E-state index in [1.165, 1.54) is 11.8 Å². The molecule has 2 heterocycles. The first-order chi connectivity index (χ1) is 15.1. The minimum Gasteiger partial charge on any atom is -0.341 e. The Kier molecular flexibility index (Phi) is 7.34. The summed E-state index contributed by atoms with van der Waals surface area (Å²) in [5.41, 5.74) is 0.818. The van der Waals surface area contributed by atoms with Crippen LogP contribution in [0.3, 0.4) is 0 Å². The monoisotopic (exact) mass is 462 g/mol. The zero-order valence-corrected chi connectivity index (χ0v) is 18.9. The highest BCUT2D eigenvalue weighted by Gasteiger charge is 2.24. The third-order valence-electron chi connectivity index (χ3n) is 5.60. The van der Waals surface area contributed by atoms with Crippen molar-refractivity contribution in [1.82, 2.24) is 25.4 Å². The minimum atomic E-state index is -0.405. The molecule has 166 valence electrons. The van der Waals surface area contributed by atoms with Gasteiger partial charge in [-0.2, -0.15) is 0 Å². The summed E-state index contributed by atoms with van der Waals surface area (Å²) < 4.78 is 1.96. The van der Waals surface area contributed by atoms with Gasteiger partial charge in [-0.3, -0.25) is 14.7 Å². The number of hydrogen-bond donors (Lipinski definition) is 2. The number of imide groups is 1. The number of halogens is 1. The molecular formula is C21H27ClN6O2S. The van der Waals surface area contributed by atoms with E-state index in [4.69, 9.17) is 11.6 Å². The van der Waals surface area contributed by atoms with Crippen LogP contribution in [0.4, 0.5) is 10.7 Å². The van der Waals surface area contributed by atoms with E-state index in [0.29, 0.717) is 15.9 Å². The minimum absolute atomic E-state index is 0.181. The molecule has 0 bridgehead atoms. The van der Waals surface area contributed by atoms with Crippen molar-refractivity contribution in [2.75, 3.05) is 23.7 Å². The van der Waals surface area contributed by atoms with Crippen molar-refractivity contribution < 1.29 is 9.59 Å². The van der Waals surface area contributed by atoms with E-state index >= 15 is 0 Å². The molecule has 1 saturated heterocycles. The molecule has 0 atom stereocenters. The second-order valence-electron chi connectivity index (χ2n) is 7.87. The molecule has 31 heavy (non-hydrogen) atoms. The second-order valence-corrected chi connectivity index (χ2v) is 9.33. The molecule has 8 nitrogen and oxygen atoms in total. The van der Waals surface area contributed by atoms with Gasteiger partial charge in [-0.1, -0.05) is 48.3 Å². The van der Waals surface area contributed by atoms with Gasteiger partial charge in [0.1, 0.15) is 0 Å². The Morgan fingerprint density at radius 3 is 2.58 bits per heavy atom. The van der Waals surface area contributed by atoms with Gasteiger partial charge >= 0.3 is 6.03 Å². The van der Waals surface area contributed by atoms with Crippen molar-refractivity contribution in [3.8, 4) is 5.69 Å². The van der Waals surface area contributed by atoms with Crippen LogP contribution >= 0.6 is 23.4 Å². The highest BCUT2D eigenvalue weighted by atomic mass is 35.5. The maximum absolute atomic E-state index is 12.2. The highest BCUT2D eigenvalue weighted by Crippen LogP contribution is 2.32. The van der Waals surface area contributed by atoms with Crippen molar-refractivity contribution in [2.24, 2.45) is 0 Å². The molecule has 2 aliphatic rings. The summed E-state index contributed by atoms with van der Waals surface area (Å²) in [6.07, 6.45) is 6.67. The Hall–Kier alpha value is -2.26. The summed E-state index contributed by atoms with van der Waals surface area (Å²) in [6.45, 7) is 1.87. The first-order valence-electron chi connectivity index (χ1n) is 10.8. The fraction of sp³-hybridized carbons (Fsp3) is 0.524. The average Bonchev–Trinajstić information content (AvgIpc) is 3.50. The summed E-state index contributed by atoms with van der Waals surface area (Å²) >= 11 is 7.90. The Bertz CT molecular complexity index is 924. The lowest BCUT2D eigenvalue weighted by molar-refractivity contribution is -0.119. The van der Waals surface area contributed by atoms with E-state index in [1.807, 2.05) is 28.8 Å². The first-order valence-corrected chi connectivity index (χ1v) is 12.2. The summed E-state index contributed by atoms with van der Waals surface area (Å²) in [5.74, 6) is 0.950. The fourth-order valence-corrected chi connectivity index (χ4v) is 5.14. The second kappa shape index (κ2) is 10.4. The summed E-state index contributed by atoms with van der Waals surface area (Å²) in [5, 5.41) is 15.4. The molecular weight excluding hydrogens is 436 g/mol. The van der Waals surface area contributed by atoms with Crippen LogP contribution in [-0.4, -0.2) is 51.6 Å². The highest BCUT2D eigenvalue weighted by molar-refractivity contribution is 7.99. The summed E-state index contributed by atoms with van der Waals surface area (Å²) in [7, 11) is 0. The standard InChI is InChI=1S/C21H27ClN6O2S/c22-16-9-3-4-10-17(16)28-20(27-12-5-6-13-27)25-26-21(28)31-14-11-18(29)24-19(30)23-15-7-1-2-8-15/h3-4,9-10,15H,1-2,5-8,11-14H2,(H2,23,24,29,30). The van der Waals surface area contributed by atoms with Gasteiger partial charge in [0, 0.05) is 31.3 Å². The molecule has 1 saturated carbocycles. The number of urea groups is 1. The van der Waals surface area contributed by atoms with Crippen molar-refractivity contribution in [2.45, 2.75) is 56.1 Å². The van der Waals surface area contributed by atoms with Gasteiger partial charge in [-0.25, -0.2) is 4.79 Å². The number of thioether (sulfide) groups is 1. The van der Waals surface area contributed by atoms with Crippen LogP contribution < -0.4 is 15.5 Å². The SMILES string of the molecule is O=C(CCSc1nnc(N2CCCC2)n1-c1ccccc1Cl)NC(=O)NC1CCCC1. The third-order valence-corrected chi connectivity index (χ3v) is 6.85. The normalized spacial score (nSPS) is 16.6. The molecule has 0 spiro atoms. The first kappa shape index (κ1) is 22.0. The van der Waals surface area contributed by atoms with Crippen molar-refractivity contribution in [3.05, 3.63) is 29.3 Å². The largest absolute Gasteiger partial charge is 0.341 e. The van der Waals surface area contributed by atoms with E-state index in [-0.39, 0.29) is 18.4 Å². The maximum Gasteiger partial charge on any atom is 0.321 e. The number of rotatable bonds is 7.